The predicted octanol–water partition coefficient (Wildman–Crippen LogP) is 7.09. The third-order valence-corrected chi connectivity index (χ3v) is 7.54. The zero-order valence-electron chi connectivity index (χ0n) is 18.1. The maximum atomic E-state index is 5.72. The Balaban J connectivity index is 0.00000228. The van der Waals surface area contributed by atoms with Gasteiger partial charge in [-0.05, 0) is 53.4 Å². The monoisotopic (exact) mass is 520 g/mol. The summed E-state index contributed by atoms with van der Waals surface area (Å²) in [5, 5.41) is 4.89. The van der Waals surface area contributed by atoms with E-state index in [1.54, 1.807) is 23.9 Å². The number of benzene rings is 2. The summed E-state index contributed by atoms with van der Waals surface area (Å²) in [7, 11) is 0. The van der Waals surface area contributed by atoms with E-state index in [0.29, 0.717) is 13.1 Å². The lowest BCUT2D eigenvalue weighted by Gasteiger charge is -2.43. The van der Waals surface area contributed by atoms with Crippen molar-refractivity contribution in [1.82, 2.24) is 4.57 Å². The van der Waals surface area contributed by atoms with Gasteiger partial charge in [-0.25, -0.2) is 0 Å². The van der Waals surface area contributed by atoms with Gasteiger partial charge in [0, 0.05) is 16.5 Å². The Labute approximate surface area is 207 Å². The molecule has 33 heavy (non-hydrogen) atoms. The standard InChI is InChI=1S/C27H24N2O2S.BrH/c1-2-7-21-16-22(11-10-20(21)6-1)27(12-5-13-27)25-19-32-26(28-17-23-8-3-14-30-23)29(25)18-24-9-4-15-31-24;/h1-4,6-11,14-16,19H,5,12-13,17-18H2;1H. The molecule has 0 aliphatic heterocycles. The summed E-state index contributed by atoms with van der Waals surface area (Å²) in [6, 6.07) is 23.4. The van der Waals surface area contributed by atoms with Crippen molar-refractivity contribution in [2.45, 2.75) is 37.8 Å². The van der Waals surface area contributed by atoms with E-state index in [1.807, 2.05) is 24.3 Å². The molecule has 0 radical (unpaired) electrons. The first-order chi connectivity index (χ1) is 15.8. The summed E-state index contributed by atoms with van der Waals surface area (Å²) in [5.41, 5.74) is 2.75. The van der Waals surface area contributed by atoms with Gasteiger partial charge in [0.1, 0.15) is 18.1 Å². The van der Waals surface area contributed by atoms with Gasteiger partial charge in [-0.2, -0.15) is 0 Å². The van der Waals surface area contributed by atoms with E-state index in [2.05, 4.69) is 52.4 Å². The van der Waals surface area contributed by atoms with Crippen LogP contribution < -0.4 is 4.80 Å². The van der Waals surface area contributed by atoms with Gasteiger partial charge in [0.2, 0.25) is 0 Å². The van der Waals surface area contributed by atoms with Crippen molar-refractivity contribution in [2.75, 3.05) is 0 Å². The first-order valence-corrected chi connectivity index (χ1v) is 11.9. The maximum Gasteiger partial charge on any atom is 0.185 e. The number of furan rings is 2. The molecule has 1 aliphatic rings. The highest BCUT2D eigenvalue weighted by Crippen LogP contribution is 2.49. The third kappa shape index (κ3) is 4.02. The lowest BCUT2D eigenvalue weighted by molar-refractivity contribution is 0.282. The molecular weight excluding hydrogens is 496 g/mol. The van der Waals surface area contributed by atoms with Gasteiger partial charge in [0.15, 0.2) is 4.80 Å². The molecule has 2 aromatic carbocycles. The zero-order valence-corrected chi connectivity index (χ0v) is 20.7. The molecule has 0 unspecified atom stereocenters. The molecule has 4 nitrogen and oxygen atoms in total. The van der Waals surface area contributed by atoms with Crippen molar-refractivity contribution >= 4 is 39.1 Å². The minimum absolute atomic E-state index is 0. The second-order valence-electron chi connectivity index (χ2n) is 8.46. The van der Waals surface area contributed by atoms with E-state index in [9.17, 15) is 0 Å². The number of rotatable bonds is 6. The number of thiazole rings is 1. The van der Waals surface area contributed by atoms with Crippen LogP contribution in [-0.4, -0.2) is 4.57 Å². The van der Waals surface area contributed by atoms with Crippen LogP contribution in [0, 0.1) is 0 Å². The summed E-state index contributed by atoms with van der Waals surface area (Å²) in [6.07, 6.45) is 6.98. The van der Waals surface area contributed by atoms with Gasteiger partial charge in [0.25, 0.3) is 0 Å². The van der Waals surface area contributed by atoms with Crippen molar-refractivity contribution in [3.63, 3.8) is 0 Å². The first kappa shape index (κ1) is 22.0. The van der Waals surface area contributed by atoms with Crippen LogP contribution in [-0.2, 0) is 18.5 Å². The molecule has 1 saturated carbocycles. The van der Waals surface area contributed by atoms with E-state index < -0.39 is 0 Å². The van der Waals surface area contributed by atoms with Crippen molar-refractivity contribution < 1.29 is 8.83 Å². The van der Waals surface area contributed by atoms with Crippen molar-refractivity contribution in [3.05, 3.63) is 112 Å². The predicted molar refractivity (Wildman–Crippen MR) is 137 cm³/mol. The molecule has 3 heterocycles. The lowest BCUT2D eigenvalue weighted by atomic mass is 9.62. The topological polar surface area (TPSA) is 43.6 Å². The van der Waals surface area contributed by atoms with Gasteiger partial charge in [-0.1, -0.05) is 48.9 Å². The smallest absolute Gasteiger partial charge is 0.185 e. The van der Waals surface area contributed by atoms with Gasteiger partial charge < -0.3 is 13.4 Å². The van der Waals surface area contributed by atoms with Crippen LogP contribution in [0.5, 0.6) is 0 Å². The molecule has 3 aromatic heterocycles. The molecule has 0 atom stereocenters. The van der Waals surface area contributed by atoms with E-state index in [-0.39, 0.29) is 22.4 Å². The molecule has 1 aliphatic carbocycles. The molecule has 6 heteroatoms. The Hall–Kier alpha value is -2.83. The Bertz CT molecular complexity index is 1410. The number of hydrogen-bond donors (Lipinski definition) is 0. The number of halogens is 1. The average molecular weight is 521 g/mol. The Kier molecular flexibility index (Phi) is 6.13. The van der Waals surface area contributed by atoms with Crippen molar-refractivity contribution in [1.29, 1.82) is 0 Å². The highest BCUT2D eigenvalue weighted by molar-refractivity contribution is 8.93. The van der Waals surface area contributed by atoms with Crippen LogP contribution in [0.15, 0.2) is 98.5 Å². The van der Waals surface area contributed by atoms with Crippen molar-refractivity contribution in [2.24, 2.45) is 4.99 Å². The van der Waals surface area contributed by atoms with Crippen LogP contribution in [0.2, 0.25) is 0 Å². The number of fused-ring (bicyclic) bond motifs is 1. The molecule has 1 fully saturated rings. The lowest BCUT2D eigenvalue weighted by Crippen LogP contribution is -2.39. The minimum atomic E-state index is 0. The SMILES string of the molecule is Br.c1coc(CN=c2scc(C3(c4ccc5ccccc5c4)CCC3)n2Cc2ccco2)c1. The van der Waals surface area contributed by atoms with E-state index in [0.717, 1.165) is 29.2 Å². The van der Waals surface area contributed by atoms with Crippen LogP contribution in [0.25, 0.3) is 10.8 Å². The first-order valence-electron chi connectivity index (χ1n) is 11.1. The van der Waals surface area contributed by atoms with Gasteiger partial charge >= 0.3 is 0 Å². The molecule has 0 spiro atoms. The van der Waals surface area contributed by atoms with Crippen LogP contribution in [0.1, 0.15) is 42.0 Å². The minimum Gasteiger partial charge on any atom is -0.467 e. The number of nitrogens with zero attached hydrogens (tertiary/aromatic N) is 2. The van der Waals surface area contributed by atoms with Crippen LogP contribution in [0.3, 0.4) is 0 Å². The fourth-order valence-corrected chi connectivity index (χ4v) is 5.80. The molecular formula is C27H25BrN2O2S. The zero-order chi connectivity index (χ0) is 21.4. The van der Waals surface area contributed by atoms with Gasteiger partial charge in [-0.15, -0.1) is 28.3 Å². The Morgan fingerprint density at radius 2 is 1.64 bits per heavy atom. The van der Waals surface area contributed by atoms with E-state index in [1.165, 1.54) is 28.5 Å². The summed E-state index contributed by atoms with van der Waals surface area (Å²) in [5.74, 6) is 1.81. The normalized spacial score (nSPS) is 15.3. The van der Waals surface area contributed by atoms with Gasteiger partial charge in [-0.3, -0.25) is 4.99 Å². The molecule has 0 bridgehead atoms. The largest absolute Gasteiger partial charge is 0.467 e. The summed E-state index contributed by atoms with van der Waals surface area (Å²) in [6.45, 7) is 1.21. The quantitative estimate of drug-likeness (QED) is 0.240. The molecule has 6 rings (SSSR count). The fourth-order valence-electron chi connectivity index (χ4n) is 4.80. The maximum absolute atomic E-state index is 5.72. The summed E-state index contributed by atoms with van der Waals surface area (Å²) < 4.78 is 13.6. The number of hydrogen-bond acceptors (Lipinski definition) is 4. The molecule has 5 aromatic rings. The van der Waals surface area contributed by atoms with E-state index in [4.69, 9.17) is 13.8 Å². The average Bonchev–Trinajstić information content (AvgIpc) is 3.56. The summed E-state index contributed by atoms with van der Waals surface area (Å²) >= 11 is 1.71. The third-order valence-electron chi connectivity index (χ3n) is 6.64. The highest BCUT2D eigenvalue weighted by atomic mass is 79.9. The van der Waals surface area contributed by atoms with E-state index >= 15 is 0 Å². The van der Waals surface area contributed by atoms with Crippen molar-refractivity contribution in [3.8, 4) is 0 Å². The molecule has 168 valence electrons. The molecule has 0 saturated heterocycles. The van der Waals surface area contributed by atoms with Crippen LogP contribution >= 0.6 is 28.3 Å². The molecule has 0 amide bonds. The fraction of sp³-hybridized carbons (Fsp3) is 0.222. The van der Waals surface area contributed by atoms with Crippen LogP contribution in [0.4, 0.5) is 0 Å². The second-order valence-corrected chi connectivity index (χ2v) is 9.30. The van der Waals surface area contributed by atoms with Gasteiger partial charge in [0.05, 0.1) is 19.1 Å². The highest BCUT2D eigenvalue weighted by Gasteiger charge is 2.43. The summed E-state index contributed by atoms with van der Waals surface area (Å²) in [4.78, 5) is 5.91. The second kappa shape index (κ2) is 9.20. The Morgan fingerprint density at radius 1 is 0.879 bits per heavy atom. The number of aromatic nitrogens is 1. The molecule has 0 N–H and O–H groups in total. The Morgan fingerprint density at radius 3 is 2.33 bits per heavy atom.